The first-order valence-electron chi connectivity index (χ1n) is 12.7. The molecule has 0 unspecified atom stereocenters. The maximum Gasteiger partial charge on any atom is 0.408 e. The van der Waals surface area contributed by atoms with Gasteiger partial charge in [0.15, 0.2) is 11.5 Å². The van der Waals surface area contributed by atoms with Crippen molar-refractivity contribution < 1.29 is 28.7 Å². The fourth-order valence-electron chi connectivity index (χ4n) is 3.81. The molecule has 3 N–H and O–H groups in total. The second-order valence-corrected chi connectivity index (χ2v) is 8.87. The van der Waals surface area contributed by atoms with E-state index in [0.29, 0.717) is 5.69 Å². The summed E-state index contributed by atoms with van der Waals surface area (Å²) in [5, 5.41) is 18.2. The number of hydrogen-bond donors (Lipinski definition) is 3. The van der Waals surface area contributed by atoms with Crippen LogP contribution in [0.3, 0.4) is 0 Å². The van der Waals surface area contributed by atoms with E-state index in [1.807, 2.05) is 48.5 Å². The minimum absolute atomic E-state index is 0.0137. The number of imidazole rings is 1. The van der Waals surface area contributed by atoms with Gasteiger partial charge >= 0.3 is 6.09 Å². The molecule has 0 aliphatic rings. The maximum absolute atomic E-state index is 13.0. The quantitative estimate of drug-likeness (QED) is 0.123. The van der Waals surface area contributed by atoms with Crippen molar-refractivity contribution in [1.29, 1.82) is 0 Å². The number of hydrogen-bond acceptors (Lipinski definition) is 9. The zero-order valence-corrected chi connectivity index (χ0v) is 22.6. The van der Waals surface area contributed by atoms with Crippen LogP contribution in [-0.2, 0) is 29.2 Å². The standard InChI is InChI=1S/C29H28N6O7/c1-40-26-12-22(25(35(38)39)14-27(26)41-17-20-8-4-2-5-9-20)15-32-34-28(36)24(13-23-16-30-19-31-23)33-29(37)42-18-21-10-6-3-7-11-21/h2-12,14-16,19,24H,13,17-18H2,1H3,(H,30,31)(H,33,37)(H,34,36)/b32-15-/t24-/m0/s1. The monoisotopic (exact) mass is 572 g/mol. The Balaban J connectivity index is 1.44. The number of carbonyl (C=O) groups is 2. The molecule has 0 fully saturated rings. The molecule has 4 rings (SSSR count). The third-order valence-electron chi connectivity index (χ3n) is 5.93. The lowest BCUT2D eigenvalue weighted by molar-refractivity contribution is -0.385. The third kappa shape index (κ3) is 8.39. The van der Waals surface area contributed by atoms with Gasteiger partial charge in [0, 0.05) is 18.3 Å². The molecule has 1 atom stereocenters. The van der Waals surface area contributed by atoms with Crippen LogP contribution in [0, 0.1) is 10.1 Å². The van der Waals surface area contributed by atoms with Crippen molar-refractivity contribution >= 4 is 23.9 Å². The Labute approximate surface area is 240 Å². The first-order valence-corrected chi connectivity index (χ1v) is 12.7. The maximum atomic E-state index is 13.0. The molecule has 3 aromatic carbocycles. The zero-order chi connectivity index (χ0) is 29.7. The lowest BCUT2D eigenvalue weighted by Crippen LogP contribution is -2.47. The number of H-pyrrole nitrogens is 1. The summed E-state index contributed by atoms with van der Waals surface area (Å²) >= 11 is 0. The van der Waals surface area contributed by atoms with Crippen LogP contribution in [0.15, 0.2) is 90.4 Å². The van der Waals surface area contributed by atoms with Gasteiger partial charge in [0.1, 0.15) is 19.3 Å². The van der Waals surface area contributed by atoms with Gasteiger partial charge < -0.3 is 24.5 Å². The molecule has 0 aliphatic carbocycles. The average Bonchev–Trinajstić information content (AvgIpc) is 3.53. The number of hydrazone groups is 1. The fraction of sp³-hybridized carbons (Fsp3) is 0.172. The molecule has 0 radical (unpaired) electrons. The van der Waals surface area contributed by atoms with Crippen LogP contribution in [0.5, 0.6) is 11.5 Å². The second kappa shape index (κ2) is 14.6. The SMILES string of the molecule is COc1cc(/C=N\NC(=O)[C@H](Cc2cnc[nH]2)NC(=O)OCc2ccccc2)c([N+](=O)[O-])cc1OCc1ccccc1. The summed E-state index contributed by atoms with van der Waals surface area (Å²) in [6, 6.07) is 19.9. The minimum atomic E-state index is -1.09. The van der Waals surface area contributed by atoms with E-state index < -0.39 is 23.0 Å². The van der Waals surface area contributed by atoms with E-state index in [4.69, 9.17) is 14.2 Å². The van der Waals surface area contributed by atoms with Crippen LogP contribution in [0.1, 0.15) is 22.4 Å². The summed E-state index contributed by atoms with van der Waals surface area (Å²) in [6.45, 7) is 0.191. The molecule has 4 aromatic rings. The van der Waals surface area contributed by atoms with E-state index in [0.717, 1.165) is 17.3 Å². The van der Waals surface area contributed by atoms with Gasteiger partial charge in [-0.25, -0.2) is 15.2 Å². The molecule has 13 nitrogen and oxygen atoms in total. The number of nitro groups is 1. The Morgan fingerprint density at radius 3 is 2.36 bits per heavy atom. The van der Waals surface area contributed by atoms with Crippen molar-refractivity contribution in [3.8, 4) is 11.5 Å². The number of ether oxygens (including phenoxy) is 3. The highest BCUT2D eigenvalue weighted by molar-refractivity contribution is 5.90. The van der Waals surface area contributed by atoms with Crippen LogP contribution in [-0.4, -0.2) is 46.3 Å². The number of amides is 2. The average molecular weight is 573 g/mol. The summed E-state index contributed by atoms with van der Waals surface area (Å²) < 4.78 is 16.4. The van der Waals surface area contributed by atoms with Gasteiger partial charge in [-0.2, -0.15) is 5.10 Å². The lowest BCUT2D eigenvalue weighted by atomic mass is 10.1. The highest BCUT2D eigenvalue weighted by atomic mass is 16.6. The molecular formula is C29H28N6O7. The smallest absolute Gasteiger partial charge is 0.408 e. The summed E-state index contributed by atoms with van der Waals surface area (Å²) in [6.07, 6.45) is 3.31. The number of aromatic amines is 1. The van der Waals surface area contributed by atoms with E-state index >= 15 is 0 Å². The normalized spacial score (nSPS) is 11.5. The van der Waals surface area contributed by atoms with Crippen molar-refractivity contribution in [2.75, 3.05) is 7.11 Å². The summed E-state index contributed by atoms with van der Waals surface area (Å²) in [4.78, 5) is 43.4. The van der Waals surface area contributed by atoms with E-state index in [-0.39, 0.29) is 42.4 Å². The number of carbonyl (C=O) groups excluding carboxylic acids is 2. The molecule has 13 heteroatoms. The molecule has 2 amide bonds. The largest absolute Gasteiger partial charge is 0.493 e. The van der Waals surface area contributed by atoms with Gasteiger partial charge in [0.25, 0.3) is 11.6 Å². The molecule has 0 saturated heterocycles. The number of alkyl carbamates (subject to hydrolysis) is 1. The van der Waals surface area contributed by atoms with Crippen LogP contribution >= 0.6 is 0 Å². The van der Waals surface area contributed by atoms with Crippen LogP contribution in [0.2, 0.25) is 0 Å². The molecule has 42 heavy (non-hydrogen) atoms. The van der Waals surface area contributed by atoms with Crippen molar-refractivity contribution in [3.63, 3.8) is 0 Å². The number of aromatic nitrogens is 2. The van der Waals surface area contributed by atoms with Gasteiger partial charge in [-0.3, -0.25) is 14.9 Å². The Hall–Kier alpha value is -5.72. The van der Waals surface area contributed by atoms with Gasteiger partial charge in [-0.1, -0.05) is 60.7 Å². The van der Waals surface area contributed by atoms with E-state index in [1.54, 1.807) is 12.1 Å². The Morgan fingerprint density at radius 2 is 1.74 bits per heavy atom. The Kier molecular flexibility index (Phi) is 10.2. The second-order valence-electron chi connectivity index (χ2n) is 8.87. The molecule has 0 spiro atoms. The predicted molar refractivity (Wildman–Crippen MR) is 152 cm³/mol. The first-order chi connectivity index (χ1) is 20.4. The van der Waals surface area contributed by atoms with Crippen molar-refractivity contribution in [2.24, 2.45) is 5.10 Å². The van der Waals surface area contributed by atoms with Crippen LogP contribution in [0.25, 0.3) is 0 Å². The van der Waals surface area contributed by atoms with Crippen LogP contribution < -0.4 is 20.2 Å². The van der Waals surface area contributed by atoms with E-state index in [1.165, 1.54) is 31.8 Å². The van der Waals surface area contributed by atoms with Crippen molar-refractivity contribution in [1.82, 2.24) is 20.7 Å². The number of rotatable bonds is 13. The number of nitro benzene ring substituents is 1. The minimum Gasteiger partial charge on any atom is -0.493 e. The first kappa shape index (κ1) is 29.3. The fourth-order valence-corrected chi connectivity index (χ4v) is 3.81. The summed E-state index contributed by atoms with van der Waals surface area (Å²) in [5.41, 5.74) is 4.30. The highest BCUT2D eigenvalue weighted by Gasteiger charge is 2.23. The molecule has 0 aliphatic heterocycles. The van der Waals surface area contributed by atoms with Gasteiger partial charge in [0.05, 0.1) is 36.2 Å². The topological polar surface area (TPSA) is 170 Å². The summed E-state index contributed by atoms with van der Waals surface area (Å²) in [7, 11) is 1.40. The number of nitrogens with one attached hydrogen (secondary N) is 3. The van der Waals surface area contributed by atoms with E-state index in [2.05, 4.69) is 25.8 Å². The predicted octanol–water partition coefficient (Wildman–Crippen LogP) is 3.89. The summed E-state index contributed by atoms with van der Waals surface area (Å²) in [5.74, 6) is -0.272. The molecule has 0 saturated carbocycles. The Bertz CT molecular complexity index is 1510. The molecule has 1 heterocycles. The van der Waals surface area contributed by atoms with Crippen LogP contribution in [0.4, 0.5) is 10.5 Å². The van der Waals surface area contributed by atoms with Gasteiger partial charge in [-0.15, -0.1) is 0 Å². The number of methoxy groups -OCH3 is 1. The highest BCUT2D eigenvalue weighted by Crippen LogP contribution is 2.34. The van der Waals surface area contributed by atoms with Gasteiger partial charge in [-0.05, 0) is 17.2 Å². The molecular weight excluding hydrogens is 544 g/mol. The molecule has 1 aromatic heterocycles. The molecule has 0 bridgehead atoms. The number of benzene rings is 3. The zero-order valence-electron chi connectivity index (χ0n) is 22.6. The Morgan fingerprint density at radius 1 is 1.05 bits per heavy atom. The van der Waals surface area contributed by atoms with E-state index in [9.17, 15) is 19.7 Å². The van der Waals surface area contributed by atoms with Crippen molar-refractivity contribution in [3.05, 3.63) is 118 Å². The third-order valence-corrected chi connectivity index (χ3v) is 5.93. The molecule has 216 valence electrons. The number of nitrogens with zero attached hydrogens (tertiary/aromatic N) is 3. The van der Waals surface area contributed by atoms with Gasteiger partial charge in [0.2, 0.25) is 0 Å². The lowest BCUT2D eigenvalue weighted by Gasteiger charge is -2.16. The van der Waals surface area contributed by atoms with Crippen molar-refractivity contribution in [2.45, 2.75) is 25.7 Å².